The van der Waals surface area contributed by atoms with Gasteiger partial charge in [0, 0.05) is 42.9 Å². The number of pyridine rings is 1. The van der Waals surface area contributed by atoms with Crippen molar-refractivity contribution in [1.82, 2.24) is 20.5 Å². The summed E-state index contributed by atoms with van der Waals surface area (Å²) in [6, 6.07) is 9.42. The fourth-order valence-electron chi connectivity index (χ4n) is 5.18. The van der Waals surface area contributed by atoms with Crippen LogP contribution in [0, 0.1) is 0 Å². The molecule has 1 aromatic carbocycles. The van der Waals surface area contributed by atoms with Crippen LogP contribution in [0.3, 0.4) is 0 Å². The third-order valence-corrected chi connectivity index (χ3v) is 6.88. The monoisotopic (exact) mass is 423 g/mol. The molecule has 0 amide bonds. The third-order valence-electron chi connectivity index (χ3n) is 6.88. The molecule has 5 heterocycles. The van der Waals surface area contributed by atoms with Crippen LogP contribution in [0.25, 0.3) is 22.3 Å². The van der Waals surface area contributed by atoms with Gasteiger partial charge in [-0.05, 0) is 47.7 Å². The van der Waals surface area contributed by atoms with E-state index in [1.165, 1.54) is 0 Å². The number of nitrogens with one attached hydrogen (secondary N) is 2. The first-order chi connectivity index (χ1) is 15.0. The predicted octanol–water partition coefficient (Wildman–Crippen LogP) is 4.00. The summed E-state index contributed by atoms with van der Waals surface area (Å²) in [5.41, 5.74) is 5.28. The minimum atomic E-state index is -2.62. The lowest BCUT2D eigenvalue weighted by atomic mass is 9.95. The summed E-state index contributed by atoms with van der Waals surface area (Å²) in [6.07, 6.45) is 4.71. The molecule has 8 heteroatoms. The van der Waals surface area contributed by atoms with E-state index in [2.05, 4.69) is 33.7 Å². The van der Waals surface area contributed by atoms with Gasteiger partial charge >= 0.3 is 0 Å². The van der Waals surface area contributed by atoms with E-state index >= 15 is 0 Å². The highest BCUT2D eigenvalue weighted by molar-refractivity contribution is 5.78. The van der Waals surface area contributed by atoms with Crippen LogP contribution >= 0.6 is 0 Å². The minimum Gasteiger partial charge on any atom is -0.472 e. The quantitative estimate of drug-likeness (QED) is 0.667. The molecule has 0 radical (unpaired) electrons. The number of benzene rings is 1. The topological polar surface area (TPSA) is 66.1 Å². The molecule has 3 aromatic rings. The van der Waals surface area contributed by atoms with Crippen LogP contribution in [0.4, 0.5) is 14.6 Å². The van der Waals surface area contributed by atoms with Crippen molar-refractivity contribution in [3.63, 3.8) is 0 Å². The largest absolute Gasteiger partial charge is 0.472 e. The highest BCUT2D eigenvalue weighted by atomic mass is 19.3. The smallest absolute Gasteiger partial charge is 0.264 e. The molecule has 6 rings (SSSR count). The molecule has 2 bridgehead atoms. The number of aromatic amines is 1. The van der Waals surface area contributed by atoms with E-state index in [1.54, 1.807) is 6.20 Å². The van der Waals surface area contributed by atoms with Gasteiger partial charge in [-0.2, -0.15) is 10.1 Å². The van der Waals surface area contributed by atoms with Gasteiger partial charge in [-0.1, -0.05) is 12.1 Å². The van der Waals surface area contributed by atoms with E-state index in [0.29, 0.717) is 25.3 Å². The number of alkyl halides is 2. The van der Waals surface area contributed by atoms with Crippen molar-refractivity contribution >= 4 is 5.82 Å². The lowest BCUT2D eigenvalue weighted by Gasteiger charge is -2.36. The number of ether oxygens (including phenoxy) is 1. The first-order valence-corrected chi connectivity index (χ1v) is 10.6. The van der Waals surface area contributed by atoms with Gasteiger partial charge in [0.05, 0.1) is 12.2 Å². The summed E-state index contributed by atoms with van der Waals surface area (Å²) in [7, 11) is 1.94. The molecule has 3 unspecified atom stereocenters. The zero-order valence-corrected chi connectivity index (χ0v) is 17.1. The number of anilines is 1. The second kappa shape index (κ2) is 6.75. The number of H-pyrrole nitrogens is 1. The number of hydrogen-bond donors (Lipinski definition) is 2. The number of fused-ring (bicyclic) bond motifs is 5. The Morgan fingerprint density at radius 2 is 2.00 bits per heavy atom. The summed E-state index contributed by atoms with van der Waals surface area (Å²) in [5, 5.41) is 9.92. The molecule has 3 aliphatic heterocycles. The molecule has 160 valence electrons. The molecule has 0 aliphatic carbocycles. The fourth-order valence-corrected chi connectivity index (χ4v) is 5.18. The van der Waals surface area contributed by atoms with Gasteiger partial charge in [0.2, 0.25) is 5.88 Å². The van der Waals surface area contributed by atoms with Crippen molar-refractivity contribution in [3.8, 4) is 28.1 Å². The Labute approximate surface area is 178 Å². The van der Waals surface area contributed by atoms with E-state index in [4.69, 9.17) is 9.72 Å². The summed E-state index contributed by atoms with van der Waals surface area (Å²) >= 11 is 0. The molecule has 0 saturated carbocycles. The number of halogens is 2. The van der Waals surface area contributed by atoms with Crippen LogP contribution in [0.1, 0.15) is 24.8 Å². The Morgan fingerprint density at radius 1 is 1.13 bits per heavy atom. The summed E-state index contributed by atoms with van der Waals surface area (Å²) in [5.74, 6) is -1.27. The number of nitrogens with zero attached hydrogens (tertiary/aromatic N) is 3. The van der Waals surface area contributed by atoms with Crippen molar-refractivity contribution in [1.29, 1.82) is 0 Å². The highest BCUT2D eigenvalue weighted by Gasteiger charge is 2.53. The SMILES string of the molecule is CN(c1ccc2c(n1)OCc1cc(-c3cn[nH]c3)ccc1-2)C1CC2CC(F)(F)C(C1)N2. The molecular formula is C23H23F2N5O. The van der Waals surface area contributed by atoms with Crippen LogP contribution in [0.5, 0.6) is 5.88 Å². The Bertz CT molecular complexity index is 1130. The zero-order valence-electron chi connectivity index (χ0n) is 17.1. The summed E-state index contributed by atoms with van der Waals surface area (Å²) in [4.78, 5) is 6.78. The van der Waals surface area contributed by atoms with Gasteiger partial charge in [0.25, 0.3) is 5.92 Å². The van der Waals surface area contributed by atoms with Crippen molar-refractivity contribution in [2.75, 3.05) is 11.9 Å². The van der Waals surface area contributed by atoms with Gasteiger partial charge in [0.1, 0.15) is 12.4 Å². The van der Waals surface area contributed by atoms with Gasteiger partial charge in [-0.3, -0.25) is 5.10 Å². The molecule has 2 fully saturated rings. The summed E-state index contributed by atoms with van der Waals surface area (Å²) in [6.45, 7) is 0.442. The molecule has 0 spiro atoms. The molecule has 2 saturated heterocycles. The summed E-state index contributed by atoms with van der Waals surface area (Å²) < 4.78 is 34.2. The van der Waals surface area contributed by atoms with Crippen LogP contribution in [-0.2, 0) is 6.61 Å². The maximum Gasteiger partial charge on any atom is 0.264 e. The molecule has 2 aromatic heterocycles. The number of piperidine rings is 1. The van der Waals surface area contributed by atoms with E-state index in [0.717, 1.165) is 33.6 Å². The number of rotatable bonds is 3. The standard InChI is InChI=1S/C23H23F2N5O/c1-30(17-7-16-9-23(24,25)20(8-17)28-16)21-5-4-19-18-3-2-13(15-10-26-27-11-15)6-14(18)12-31-22(19)29-21/h2-6,10-11,16-17,20,28H,7-9,12H2,1H3,(H,26,27). The van der Waals surface area contributed by atoms with Gasteiger partial charge in [-0.25, -0.2) is 8.78 Å². The Hall–Kier alpha value is -3.00. The Morgan fingerprint density at radius 3 is 2.81 bits per heavy atom. The van der Waals surface area contributed by atoms with Crippen LogP contribution in [0.2, 0.25) is 0 Å². The zero-order chi connectivity index (χ0) is 21.2. The maximum absolute atomic E-state index is 14.1. The second-order valence-corrected chi connectivity index (χ2v) is 8.79. The van der Waals surface area contributed by atoms with Crippen molar-refractivity contribution < 1.29 is 13.5 Å². The molecule has 3 aliphatic rings. The van der Waals surface area contributed by atoms with E-state index < -0.39 is 12.0 Å². The third kappa shape index (κ3) is 3.08. The van der Waals surface area contributed by atoms with Crippen molar-refractivity contribution in [3.05, 3.63) is 48.3 Å². The first-order valence-electron chi connectivity index (χ1n) is 10.6. The second-order valence-electron chi connectivity index (χ2n) is 8.79. The molecule has 6 nitrogen and oxygen atoms in total. The van der Waals surface area contributed by atoms with Gasteiger partial charge < -0.3 is 15.0 Å². The van der Waals surface area contributed by atoms with E-state index in [1.807, 2.05) is 30.3 Å². The molecule has 3 atom stereocenters. The van der Waals surface area contributed by atoms with Crippen LogP contribution < -0.4 is 15.0 Å². The fraction of sp³-hybridized carbons (Fsp3) is 0.391. The van der Waals surface area contributed by atoms with Crippen LogP contribution in [0.15, 0.2) is 42.7 Å². The molecule has 31 heavy (non-hydrogen) atoms. The normalized spacial score (nSPS) is 25.5. The first kappa shape index (κ1) is 18.7. The van der Waals surface area contributed by atoms with E-state index in [-0.39, 0.29) is 18.5 Å². The van der Waals surface area contributed by atoms with Crippen molar-refractivity contribution in [2.24, 2.45) is 0 Å². The average molecular weight is 423 g/mol. The van der Waals surface area contributed by atoms with E-state index in [9.17, 15) is 8.78 Å². The van der Waals surface area contributed by atoms with Gasteiger partial charge in [-0.15, -0.1) is 0 Å². The molecular weight excluding hydrogens is 400 g/mol. The molecule has 2 N–H and O–H groups in total. The van der Waals surface area contributed by atoms with Gasteiger partial charge in [0.15, 0.2) is 0 Å². The maximum atomic E-state index is 14.1. The average Bonchev–Trinajstić information content (AvgIpc) is 3.38. The highest BCUT2D eigenvalue weighted by Crippen LogP contribution is 2.42. The van der Waals surface area contributed by atoms with Crippen LogP contribution in [-0.4, -0.2) is 46.3 Å². The lowest BCUT2D eigenvalue weighted by molar-refractivity contribution is -0.0128. The van der Waals surface area contributed by atoms with Crippen molar-refractivity contribution in [2.45, 2.75) is 49.9 Å². The Balaban J connectivity index is 1.27. The predicted molar refractivity (Wildman–Crippen MR) is 113 cm³/mol. The number of aromatic nitrogens is 3. The minimum absolute atomic E-state index is 0.0311. The lowest BCUT2D eigenvalue weighted by Crippen LogP contribution is -2.49. The Kier molecular flexibility index (Phi) is 4.08. The number of hydrogen-bond acceptors (Lipinski definition) is 5.